The minimum atomic E-state index is 0.299. The van der Waals surface area contributed by atoms with E-state index in [1.807, 2.05) is 0 Å². The molecule has 1 heteroatoms. The van der Waals surface area contributed by atoms with Gasteiger partial charge in [0.25, 0.3) is 0 Å². The first-order chi connectivity index (χ1) is 4.85. The smallest absolute Gasteiger partial charge is 0.0493 e. The zero-order chi connectivity index (χ0) is 7.82. The topological polar surface area (TPSA) is 20.2 Å². The number of hydrogen-bond donors (Lipinski definition) is 1. The van der Waals surface area contributed by atoms with Crippen LogP contribution in [0.15, 0.2) is 0 Å². The van der Waals surface area contributed by atoms with Crippen molar-refractivity contribution in [2.45, 2.75) is 46.0 Å². The van der Waals surface area contributed by atoms with Gasteiger partial charge in [-0.05, 0) is 12.8 Å². The van der Waals surface area contributed by atoms with Gasteiger partial charge in [-0.15, -0.1) is 0 Å². The van der Waals surface area contributed by atoms with Crippen molar-refractivity contribution < 1.29 is 5.11 Å². The minimum absolute atomic E-state index is 0.299. The lowest BCUT2D eigenvalue weighted by atomic mass is 9.98. The third-order valence-corrected chi connectivity index (χ3v) is 1.71. The molecule has 0 saturated heterocycles. The van der Waals surface area contributed by atoms with Crippen LogP contribution in [0.25, 0.3) is 0 Å². The van der Waals surface area contributed by atoms with Crippen molar-refractivity contribution >= 4 is 0 Å². The Kier molecular flexibility index (Phi) is 7.04. The van der Waals surface area contributed by atoms with Gasteiger partial charge < -0.3 is 5.11 Å². The SMILES string of the molecule is CCCC[C](CO)CCC. The molecule has 0 fully saturated rings. The van der Waals surface area contributed by atoms with Crippen LogP contribution in [0.3, 0.4) is 0 Å². The third kappa shape index (κ3) is 4.80. The van der Waals surface area contributed by atoms with E-state index >= 15 is 0 Å². The number of hydrogen-bond acceptors (Lipinski definition) is 1. The molecule has 1 nitrogen and oxygen atoms in total. The summed E-state index contributed by atoms with van der Waals surface area (Å²) in [5.41, 5.74) is 0. The molecule has 10 heavy (non-hydrogen) atoms. The van der Waals surface area contributed by atoms with Crippen LogP contribution in [-0.2, 0) is 0 Å². The van der Waals surface area contributed by atoms with Gasteiger partial charge in [0.05, 0.1) is 0 Å². The predicted molar refractivity (Wildman–Crippen MR) is 44.8 cm³/mol. The summed E-state index contributed by atoms with van der Waals surface area (Å²) >= 11 is 0. The minimum Gasteiger partial charge on any atom is -0.396 e. The normalized spacial score (nSPS) is 10.8. The molecular weight excluding hydrogens is 124 g/mol. The Morgan fingerprint density at radius 2 is 1.80 bits per heavy atom. The summed E-state index contributed by atoms with van der Waals surface area (Å²) in [5, 5.41) is 8.85. The van der Waals surface area contributed by atoms with Gasteiger partial charge in [-0.1, -0.05) is 33.1 Å². The van der Waals surface area contributed by atoms with Gasteiger partial charge >= 0.3 is 0 Å². The van der Waals surface area contributed by atoms with Gasteiger partial charge in [-0.2, -0.15) is 0 Å². The van der Waals surface area contributed by atoms with Crippen molar-refractivity contribution in [1.82, 2.24) is 0 Å². The van der Waals surface area contributed by atoms with Crippen LogP contribution in [-0.4, -0.2) is 11.7 Å². The Bertz CT molecular complexity index is 61.7. The average molecular weight is 143 g/mol. The standard InChI is InChI=1S/C9H19O/c1-3-5-7-9(8-10)6-4-2/h10H,3-8H2,1-2H3. The van der Waals surface area contributed by atoms with Gasteiger partial charge in [0.15, 0.2) is 0 Å². The van der Waals surface area contributed by atoms with Gasteiger partial charge in [0.2, 0.25) is 0 Å². The largest absolute Gasteiger partial charge is 0.396 e. The number of unbranched alkanes of at least 4 members (excludes halogenated alkanes) is 1. The van der Waals surface area contributed by atoms with E-state index in [0.717, 1.165) is 12.8 Å². The Balaban J connectivity index is 3.21. The second kappa shape index (κ2) is 7.07. The van der Waals surface area contributed by atoms with Crippen LogP contribution in [0.1, 0.15) is 46.0 Å². The highest BCUT2D eigenvalue weighted by molar-refractivity contribution is 4.87. The second-order valence-corrected chi connectivity index (χ2v) is 2.76. The molecule has 0 bridgehead atoms. The number of aliphatic hydroxyl groups excluding tert-OH is 1. The molecule has 0 aromatic rings. The van der Waals surface area contributed by atoms with E-state index in [1.165, 1.54) is 25.2 Å². The van der Waals surface area contributed by atoms with Crippen molar-refractivity contribution in [3.05, 3.63) is 5.92 Å². The Labute approximate surface area is 64.5 Å². The van der Waals surface area contributed by atoms with E-state index in [0.29, 0.717) is 6.61 Å². The lowest BCUT2D eigenvalue weighted by Crippen LogP contribution is -2.02. The summed E-state index contributed by atoms with van der Waals surface area (Å²) in [6.07, 6.45) is 5.86. The first-order valence-electron chi connectivity index (χ1n) is 4.29. The maximum atomic E-state index is 8.85. The zero-order valence-electron chi connectivity index (χ0n) is 7.19. The Morgan fingerprint density at radius 1 is 1.10 bits per heavy atom. The fourth-order valence-corrected chi connectivity index (χ4v) is 1.06. The van der Waals surface area contributed by atoms with E-state index in [9.17, 15) is 0 Å². The number of rotatable bonds is 6. The predicted octanol–water partition coefficient (Wildman–Crippen LogP) is 2.54. The second-order valence-electron chi connectivity index (χ2n) is 2.76. The summed E-state index contributed by atoms with van der Waals surface area (Å²) in [6.45, 7) is 4.64. The molecule has 1 N–H and O–H groups in total. The summed E-state index contributed by atoms with van der Waals surface area (Å²) < 4.78 is 0. The van der Waals surface area contributed by atoms with Crippen LogP contribution in [0.4, 0.5) is 0 Å². The average Bonchev–Trinajstić information content (AvgIpc) is 1.98. The van der Waals surface area contributed by atoms with Gasteiger partial charge in [0, 0.05) is 12.5 Å². The molecule has 1 radical (unpaired) electrons. The zero-order valence-corrected chi connectivity index (χ0v) is 7.19. The molecule has 0 aliphatic heterocycles. The summed E-state index contributed by atoms with van der Waals surface area (Å²) in [6, 6.07) is 0. The van der Waals surface area contributed by atoms with Crippen LogP contribution in [0.5, 0.6) is 0 Å². The molecular formula is C9H19O. The highest BCUT2D eigenvalue weighted by Gasteiger charge is 2.04. The lowest BCUT2D eigenvalue weighted by Gasteiger charge is -2.10. The van der Waals surface area contributed by atoms with Crippen LogP contribution in [0, 0.1) is 5.92 Å². The van der Waals surface area contributed by atoms with E-state index in [1.54, 1.807) is 0 Å². The fraction of sp³-hybridized carbons (Fsp3) is 0.889. The first kappa shape index (κ1) is 9.96. The van der Waals surface area contributed by atoms with E-state index < -0.39 is 0 Å². The fourth-order valence-electron chi connectivity index (χ4n) is 1.06. The summed E-state index contributed by atoms with van der Waals surface area (Å²) in [4.78, 5) is 0. The molecule has 0 heterocycles. The van der Waals surface area contributed by atoms with Crippen molar-refractivity contribution in [2.75, 3.05) is 6.61 Å². The lowest BCUT2D eigenvalue weighted by molar-refractivity contribution is 0.292. The Morgan fingerprint density at radius 3 is 2.20 bits per heavy atom. The number of aliphatic hydroxyl groups is 1. The molecule has 0 aromatic carbocycles. The monoisotopic (exact) mass is 143 g/mol. The van der Waals surface area contributed by atoms with Crippen molar-refractivity contribution in [3.63, 3.8) is 0 Å². The van der Waals surface area contributed by atoms with Crippen LogP contribution < -0.4 is 0 Å². The molecule has 0 aromatic heterocycles. The highest BCUT2D eigenvalue weighted by atomic mass is 16.3. The van der Waals surface area contributed by atoms with Crippen LogP contribution in [0.2, 0.25) is 0 Å². The van der Waals surface area contributed by atoms with Crippen LogP contribution >= 0.6 is 0 Å². The molecule has 0 saturated carbocycles. The van der Waals surface area contributed by atoms with Crippen molar-refractivity contribution in [2.24, 2.45) is 0 Å². The molecule has 0 atom stereocenters. The van der Waals surface area contributed by atoms with Gasteiger partial charge in [-0.3, -0.25) is 0 Å². The third-order valence-electron chi connectivity index (χ3n) is 1.71. The first-order valence-corrected chi connectivity index (χ1v) is 4.29. The maximum absolute atomic E-state index is 8.85. The molecule has 0 amide bonds. The summed E-state index contributed by atoms with van der Waals surface area (Å²) in [5.74, 6) is 1.32. The van der Waals surface area contributed by atoms with Gasteiger partial charge in [0.1, 0.15) is 0 Å². The maximum Gasteiger partial charge on any atom is 0.0493 e. The molecule has 0 aliphatic rings. The van der Waals surface area contributed by atoms with Crippen molar-refractivity contribution in [1.29, 1.82) is 0 Å². The highest BCUT2D eigenvalue weighted by Crippen LogP contribution is 2.15. The molecule has 61 valence electrons. The molecule has 0 rings (SSSR count). The molecule has 0 unspecified atom stereocenters. The van der Waals surface area contributed by atoms with Gasteiger partial charge in [-0.25, -0.2) is 0 Å². The van der Waals surface area contributed by atoms with E-state index in [4.69, 9.17) is 5.11 Å². The van der Waals surface area contributed by atoms with E-state index in [-0.39, 0.29) is 0 Å². The summed E-state index contributed by atoms with van der Waals surface area (Å²) in [7, 11) is 0. The molecule has 0 spiro atoms. The van der Waals surface area contributed by atoms with E-state index in [2.05, 4.69) is 13.8 Å². The molecule has 0 aliphatic carbocycles. The Hall–Kier alpha value is -0.0400. The van der Waals surface area contributed by atoms with Crippen molar-refractivity contribution in [3.8, 4) is 0 Å². The quantitative estimate of drug-likeness (QED) is 0.606.